The molecule has 0 heterocycles. The third-order valence-electron chi connectivity index (χ3n) is 2.16. The Balaban J connectivity index is 2.62. The van der Waals surface area contributed by atoms with Crippen molar-refractivity contribution < 1.29 is 19.4 Å². The molecule has 0 fully saturated rings. The van der Waals surface area contributed by atoms with Crippen molar-refractivity contribution in [3.63, 3.8) is 0 Å². The second-order valence-electron chi connectivity index (χ2n) is 4.07. The van der Waals surface area contributed by atoms with E-state index in [2.05, 4.69) is 0 Å². The van der Waals surface area contributed by atoms with Gasteiger partial charge in [0.05, 0.1) is 12.7 Å². The summed E-state index contributed by atoms with van der Waals surface area (Å²) in [6.07, 6.45) is 0.148. The Hall–Kier alpha value is -1.55. The van der Waals surface area contributed by atoms with Crippen molar-refractivity contribution in [3.8, 4) is 5.75 Å². The molecular weight excluding hydrogens is 220 g/mol. The minimum Gasteiger partial charge on any atom is -0.490 e. The third kappa shape index (κ3) is 4.44. The Bertz CT molecular complexity index is 385. The second-order valence-corrected chi connectivity index (χ2v) is 4.07. The van der Waals surface area contributed by atoms with Crippen LogP contribution in [0.2, 0.25) is 0 Å². The quantitative estimate of drug-likeness (QED) is 0.774. The van der Waals surface area contributed by atoms with Gasteiger partial charge in [-0.3, -0.25) is 0 Å². The number of ether oxygens (including phenoxy) is 2. The molecule has 0 saturated carbocycles. The summed E-state index contributed by atoms with van der Waals surface area (Å²) in [5, 5.41) is 8.99. The van der Waals surface area contributed by atoms with Crippen LogP contribution in [0.25, 0.3) is 0 Å². The third-order valence-corrected chi connectivity index (χ3v) is 2.16. The summed E-state index contributed by atoms with van der Waals surface area (Å²) in [6, 6.07) is 5.02. The van der Waals surface area contributed by atoms with E-state index in [4.69, 9.17) is 14.6 Å². The predicted octanol–water partition coefficient (Wildman–Crippen LogP) is 2.50. The van der Waals surface area contributed by atoms with Crippen molar-refractivity contribution in [1.29, 1.82) is 0 Å². The summed E-state index contributed by atoms with van der Waals surface area (Å²) in [5.41, 5.74) is 1.15. The van der Waals surface area contributed by atoms with Crippen LogP contribution in [-0.2, 0) is 4.74 Å². The number of carboxylic acids is 1. The molecule has 17 heavy (non-hydrogen) atoms. The molecule has 0 aliphatic rings. The van der Waals surface area contributed by atoms with Gasteiger partial charge in [0.25, 0.3) is 0 Å². The molecule has 94 valence electrons. The van der Waals surface area contributed by atoms with Gasteiger partial charge in [-0.25, -0.2) is 4.79 Å². The van der Waals surface area contributed by atoms with Gasteiger partial charge in [-0.05, 0) is 38.5 Å². The van der Waals surface area contributed by atoms with E-state index < -0.39 is 5.97 Å². The number of carboxylic acid groups (broad SMARTS) is 1. The zero-order valence-electron chi connectivity index (χ0n) is 10.4. The van der Waals surface area contributed by atoms with Gasteiger partial charge in [-0.2, -0.15) is 0 Å². The van der Waals surface area contributed by atoms with E-state index >= 15 is 0 Å². The van der Waals surface area contributed by atoms with Gasteiger partial charge in [-0.15, -0.1) is 0 Å². The van der Waals surface area contributed by atoms with Crippen LogP contribution in [0, 0.1) is 6.92 Å². The molecule has 1 N–H and O–H groups in total. The van der Waals surface area contributed by atoms with Crippen molar-refractivity contribution in [2.75, 3.05) is 13.2 Å². The summed E-state index contributed by atoms with van der Waals surface area (Å²) in [6.45, 7) is 6.57. The summed E-state index contributed by atoms with van der Waals surface area (Å²) in [4.78, 5) is 11.0. The highest BCUT2D eigenvalue weighted by molar-refractivity contribution is 5.90. The first kappa shape index (κ1) is 13.5. The van der Waals surface area contributed by atoms with Crippen LogP contribution in [-0.4, -0.2) is 30.4 Å². The number of aryl methyl sites for hydroxylation is 1. The predicted molar refractivity (Wildman–Crippen MR) is 64.7 cm³/mol. The van der Waals surface area contributed by atoms with E-state index in [-0.39, 0.29) is 11.7 Å². The average molecular weight is 238 g/mol. The van der Waals surface area contributed by atoms with Crippen LogP contribution in [0.1, 0.15) is 29.8 Å². The van der Waals surface area contributed by atoms with Crippen molar-refractivity contribution in [2.45, 2.75) is 26.9 Å². The Morgan fingerprint density at radius 3 is 2.65 bits per heavy atom. The lowest BCUT2D eigenvalue weighted by Gasteiger charge is -2.11. The first-order valence-corrected chi connectivity index (χ1v) is 5.59. The van der Waals surface area contributed by atoms with Gasteiger partial charge < -0.3 is 14.6 Å². The fourth-order valence-corrected chi connectivity index (χ4v) is 1.36. The Labute approximate surface area is 101 Å². The second kappa shape index (κ2) is 6.25. The van der Waals surface area contributed by atoms with Crippen LogP contribution in [0.4, 0.5) is 0 Å². The lowest BCUT2D eigenvalue weighted by Crippen LogP contribution is -2.12. The monoisotopic (exact) mass is 238 g/mol. The lowest BCUT2D eigenvalue weighted by atomic mass is 10.1. The number of benzene rings is 1. The molecule has 0 unspecified atom stereocenters. The van der Waals surface area contributed by atoms with E-state index in [1.807, 2.05) is 20.8 Å². The fourth-order valence-electron chi connectivity index (χ4n) is 1.36. The molecular formula is C13H18O4. The minimum atomic E-state index is -0.982. The largest absolute Gasteiger partial charge is 0.490 e. The van der Waals surface area contributed by atoms with Crippen molar-refractivity contribution in [2.24, 2.45) is 0 Å². The molecule has 1 rings (SSSR count). The molecule has 0 saturated heterocycles. The van der Waals surface area contributed by atoms with Crippen LogP contribution < -0.4 is 4.74 Å². The smallest absolute Gasteiger partial charge is 0.339 e. The molecule has 1 aromatic carbocycles. The van der Waals surface area contributed by atoms with Crippen molar-refractivity contribution >= 4 is 5.97 Å². The number of carbonyl (C=O) groups is 1. The van der Waals surface area contributed by atoms with E-state index in [0.717, 1.165) is 5.56 Å². The molecule has 0 bridgehead atoms. The molecule has 0 aliphatic carbocycles. The van der Waals surface area contributed by atoms with Gasteiger partial charge in [0.2, 0.25) is 0 Å². The SMILES string of the molecule is Cc1ccc(C(=O)O)c(OCCOC(C)C)c1. The van der Waals surface area contributed by atoms with Crippen LogP contribution >= 0.6 is 0 Å². The van der Waals surface area contributed by atoms with Crippen LogP contribution in [0.15, 0.2) is 18.2 Å². The minimum absolute atomic E-state index is 0.148. The van der Waals surface area contributed by atoms with Crippen LogP contribution in [0.3, 0.4) is 0 Å². The highest BCUT2D eigenvalue weighted by Crippen LogP contribution is 2.20. The van der Waals surface area contributed by atoms with E-state index in [1.165, 1.54) is 0 Å². The number of rotatable bonds is 6. The van der Waals surface area contributed by atoms with E-state index in [0.29, 0.717) is 19.0 Å². The number of hydrogen-bond acceptors (Lipinski definition) is 3. The molecule has 1 aromatic rings. The highest BCUT2D eigenvalue weighted by Gasteiger charge is 2.11. The fraction of sp³-hybridized carbons (Fsp3) is 0.462. The maximum atomic E-state index is 11.0. The zero-order chi connectivity index (χ0) is 12.8. The van der Waals surface area contributed by atoms with Gasteiger partial charge in [0.15, 0.2) is 0 Å². The summed E-state index contributed by atoms with van der Waals surface area (Å²) in [7, 11) is 0. The molecule has 0 aromatic heterocycles. The topological polar surface area (TPSA) is 55.8 Å². The van der Waals surface area contributed by atoms with Crippen molar-refractivity contribution in [3.05, 3.63) is 29.3 Å². The summed E-state index contributed by atoms with van der Waals surface area (Å²) < 4.78 is 10.7. The van der Waals surface area contributed by atoms with E-state index in [9.17, 15) is 4.79 Å². The Morgan fingerprint density at radius 1 is 1.35 bits per heavy atom. The molecule has 0 amide bonds. The average Bonchev–Trinajstić information content (AvgIpc) is 2.23. The lowest BCUT2D eigenvalue weighted by molar-refractivity contribution is 0.0538. The van der Waals surface area contributed by atoms with Gasteiger partial charge in [0, 0.05) is 0 Å². The molecule has 0 radical (unpaired) electrons. The molecule has 4 nitrogen and oxygen atoms in total. The Kier molecular flexibility index (Phi) is 4.97. The standard InChI is InChI=1S/C13H18O4/c1-9(2)16-6-7-17-12-8-10(3)4-5-11(12)13(14)15/h4-5,8-9H,6-7H2,1-3H3,(H,14,15). The van der Waals surface area contributed by atoms with Gasteiger partial charge >= 0.3 is 5.97 Å². The molecule has 0 aliphatic heterocycles. The maximum Gasteiger partial charge on any atom is 0.339 e. The number of aromatic carboxylic acids is 1. The van der Waals surface area contributed by atoms with Gasteiger partial charge in [-0.1, -0.05) is 6.07 Å². The van der Waals surface area contributed by atoms with E-state index in [1.54, 1.807) is 18.2 Å². The summed E-state index contributed by atoms with van der Waals surface area (Å²) >= 11 is 0. The Morgan fingerprint density at radius 2 is 2.06 bits per heavy atom. The zero-order valence-corrected chi connectivity index (χ0v) is 10.4. The first-order chi connectivity index (χ1) is 8.00. The summed E-state index contributed by atoms with van der Waals surface area (Å²) in [5.74, 6) is -0.588. The first-order valence-electron chi connectivity index (χ1n) is 5.59. The normalized spacial score (nSPS) is 10.6. The number of hydrogen-bond donors (Lipinski definition) is 1. The maximum absolute atomic E-state index is 11.0. The molecule has 0 atom stereocenters. The molecule has 4 heteroatoms. The van der Waals surface area contributed by atoms with Gasteiger partial charge in [0.1, 0.15) is 17.9 Å². The highest BCUT2D eigenvalue weighted by atomic mass is 16.5. The van der Waals surface area contributed by atoms with Crippen molar-refractivity contribution in [1.82, 2.24) is 0 Å². The van der Waals surface area contributed by atoms with Crippen LogP contribution in [0.5, 0.6) is 5.75 Å². The molecule has 0 spiro atoms.